The highest BCUT2D eigenvalue weighted by Gasteiger charge is 2.27. The molecule has 0 atom stereocenters. The fraction of sp³-hybridized carbons (Fsp3) is 0.167. The number of anilines is 1. The molecule has 3 aromatic carbocycles. The van der Waals surface area contributed by atoms with Gasteiger partial charge in [0.2, 0.25) is 15.9 Å². The normalized spacial score (nSPS) is 11.4. The second kappa shape index (κ2) is 9.84. The SMILES string of the molecule is CC(=O)c1cccc(NC(=O)CN(Cc2ccccc2F)S(=O)(=O)c2ccc(C)cc2)c1. The number of nitrogens with zero attached hydrogens (tertiary/aromatic N) is 1. The van der Waals surface area contributed by atoms with E-state index in [2.05, 4.69) is 5.32 Å². The molecule has 0 unspecified atom stereocenters. The van der Waals surface area contributed by atoms with Gasteiger partial charge in [-0.1, -0.05) is 48.0 Å². The predicted octanol–water partition coefficient (Wildman–Crippen LogP) is 4.17. The molecule has 0 saturated heterocycles. The Morgan fingerprint density at radius 1 is 0.969 bits per heavy atom. The van der Waals surface area contributed by atoms with Crippen molar-refractivity contribution in [2.24, 2.45) is 0 Å². The summed E-state index contributed by atoms with van der Waals surface area (Å²) in [6, 6.07) is 18.4. The van der Waals surface area contributed by atoms with Crippen LogP contribution in [0.1, 0.15) is 28.4 Å². The van der Waals surface area contributed by atoms with E-state index in [0.29, 0.717) is 11.3 Å². The smallest absolute Gasteiger partial charge is 0.243 e. The largest absolute Gasteiger partial charge is 0.325 e. The standard InChI is InChI=1S/C24H23FN2O4S/c1-17-10-12-22(13-11-17)32(30,31)27(15-20-6-3-4-9-23(20)25)16-24(29)26-21-8-5-7-19(14-21)18(2)28/h3-14H,15-16H2,1-2H3,(H,26,29). The Morgan fingerprint density at radius 3 is 2.31 bits per heavy atom. The lowest BCUT2D eigenvalue weighted by molar-refractivity contribution is -0.116. The van der Waals surface area contributed by atoms with Gasteiger partial charge in [-0.3, -0.25) is 9.59 Å². The van der Waals surface area contributed by atoms with Crippen molar-refractivity contribution in [3.63, 3.8) is 0 Å². The lowest BCUT2D eigenvalue weighted by Crippen LogP contribution is -2.37. The summed E-state index contributed by atoms with van der Waals surface area (Å²) in [5.74, 6) is -1.34. The summed E-state index contributed by atoms with van der Waals surface area (Å²) in [5, 5.41) is 2.61. The summed E-state index contributed by atoms with van der Waals surface area (Å²) < 4.78 is 41.7. The quantitative estimate of drug-likeness (QED) is 0.518. The fourth-order valence-electron chi connectivity index (χ4n) is 3.08. The van der Waals surface area contributed by atoms with Crippen molar-refractivity contribution in [3.05, 3.63) is 95.3 Å². The molecule has 0 saturated carbocycles. The molecule has 0 fully saturated rings. The minimum absolute atomic E-state index is 0.00539. The van der Waals surface area contributed by atoms with Gasteiger partial charge in [0.15, 0.2) is 5.78 Å². The zero-order chi connectivity index (χ0) is 23.3. The molecule has 0 aliphatic heterocycles. The molecular weight excluding hydrogens is 431 g/mol. The van der Waals surface area contributed by atoms with E-state index in [-0.39, 0.29) is 22.8 Å². The third-order valence-corrected chi connectivity index (χ3v) is 6.64. The van der Waals surface area contributed by atoms with Crippen LogP contribution in [0.25, 0.3) is 0 Å². The highest BCUT2D eigenvalue weighted by molar-refractivity contribution is 7.89. The van der Waals surface area contributed by atoms with Crippen LogP contribution >= 0.6 is 0 Å². The summed E-state index contributed by atoms with van der Waals surface area (Å²) in [7, 11) is -4.09. The third-order valence-electron chi connectivity index (χ3n) is 4.84. The number of sulfonamides is 1. The van der Waals surface area contributed by atoms with Crippen LogP contribution in [-0.2, 0) is 21.4 Å². The molecule has 0 spiro atoms. The second-order valence-electron chi connectivity index (χ2n) is 7.36. The number of hydrogen-bond donors (Lipinski definition) is 1. The van der Waals surface area contributed by atoms with E-state index >= 15 is 0 Å². The Kier molecular flexibility index (Phi) is 7.17. The van der Waals surface area contributed by atoms with Crippen LogP contribution in [0.15, 0.2) is 77.7 Å². The molecular formula is C24H23FN2O4S. The molecule has 0 aliphatic carbocycles. The van der Waals surface area contributed by atoms with Crippen molar-refractivity contribution in [2.75, 3.05) is 11.9 Å². The van der Waals surface area contributed by atoms with Gasteiger partial charge in [-0.05, 0) is 44.2 Å². The molecule has 0 bridgehead atoms. The average Bonchev–Trinajstić information content (AvgIpc) is 2.75. The summed E-state index contributed by atoms with van der Waals surface area (Å²) in [6.45, 7) is 2.39. The van der Waals surface area contributed by atoms with E-state index < -0.39 is 28.3 Å². The topological polar surface area (TPSA) is 83.6 Å². The van der Waals surface area contributed by atoms with Crippen molar-refractivity contribution in [1.29, 1.82) is 0 Å². The molecule has 1 amide bonds. The minimum Gasteiger partial charge on any atom is -0.325 e. The molecule has 1 N–H and O–H groups in total. The van der Waals surface area contributed by atoms with Crippen LogP contribution in [0, 0.1) is 12.7 Å². The lowest BCUT2D eigenvalue weighted by Gasteiger charge is -2.22. The van der Waals surface area contributed by atoms with Gasteiger partial charge in [-0.2, -0.15) is 4.31 Å². The number of amides is 1. The van der Waals surface area contributed by atoms with Crippen LogP contribution in [-0.4, -0.2) is 31.0 Å². The van der Waals surface area contributed by atoms with E-state index in [1.165, 1.54) is 43.3 Å². The molecule has 166 valence electrons. The molecule has 3 aromatic rings. The Hall–Kier alpha value is -3.36. The van der Waals surface area contributed by atoms with Crippen LogP contribution in [0.2, 0.25) is 0 Å². The second-order valence-corrected chi connectivity index (χ2v) is 9.30. The van der Waals surface area contributed by atoms with Gasteiger partial charge in [0, 0.05) is 23.4 Å². The average molecular weight is 455 g/mol. The number of Topliss-reactive ketones (excluding diaryl/α,β-unsaturated/α-hetero) is 1. The zero-order valence-electron chi connectivity index (χ0n) is 17.7. The Morgan fingerprint density at radius 2 is 1.66 bits per heavy atom. The number of carbonyl (C=O) groups excluding carboxylic acids is 2. The molecule has 3 rings (SSSR count). The lowest BCUT2D eigenvalue weighted by atomic mass is 10.1. The molecule has 6 nitrogen and oxygen atoms in total. The Bertz CT molecular complexity index is 1240. The van der Waals surface area contributed by atoms with Gasteiger partial charge in [0.1, 0.15) is 5.82 Å². The van der Waals surface area contributed by atoms with E-state index in [1.807, 2.05) is 6.92 Å². The minimum atomic E-state index is -4.09. The maximum atomic E-state index is 14.2. The summed E-state index contributed by atoms with van der Waals surface area (Å²) >= 11 is 0. The van der Waals surface area contributed by atoms with Crippen molar-refractivity contribution in [1.82, 2.24) is 4.31 Å². The van der Waals surface area contributed by atoms with Crippen molar-refractivity contribution in [2.45, 2.75) is 25.3 Å². The summed E-state index contributed by atoms with van der Waals surface area (Å²) in [5.41, 5.74) is 1.81. The van der Waals surface area contributed by atoms with Gasteiger partial charge in [-0.15, -0.1) is 0 Å². The van der Waals surface area contributed by atoms with Crippen LogP contribution in [0.5, 0.6) is 0 Å². The van der Waals surface area contributed by atoms with Gasteiger partial charge >= 0.3 is 0 Å². The summed E-state index contributed by atoms with van der Waals surface area (Å²) in [4.78, 5) is 24.3. The maximum Gasteiger partial charge on any atom is 0.243 e. The maximum absolute atomic E-state index is 14.2. The van der Waals surface area contributed by atoms with E-state index in [4.69, 9.17) is 0 Å². The van der Waals surface area contributed by atoms with E-state index in [0.717, 1.165) is 9.87 Å². The number of carbonyl (C=O) groups is 2. The number of halogens is 1. The number of ketones is 1. The Labute approximate surface area is 186 Å². The first kappa shape index (κ1) is 23.3. The monoisotopic (exact) mass is 454 g/mol. The highest BCUT2D eigenvalue weighted by Crippen LogP contribution is 2.21. The fourth-order valence-corrected chi connectivity index (χ4v) is 4.45. The Balaban J connectivity index is 1.89. The first-order valence-corrected chi connectivity index (χ1v) is 11.3. The molecule has 0 aromatic heterocycles. The summed E-state index contributed by atoms with van der Waals surface area (Å²) in [6.07, 6.45) is 0. The van der Waals surface area contributed by atoms with Gasteiger partial charge < -0.3 is 5.32 Å². The van der Waals surface area contributed by atoms with Gasteiger partial charge in [0.05, 0.1) is 11.4 Å². The molecule has 0 heterocycles. The van der Waals surface area contributed by atoms with Gasteiger partial charge in [-0.25, -0.2) is 12.8 Å². The van der Waals surface area contributed by atoms with Crippen LogP contribution in [0.3, 0.4) is 0 Å². The number of hydrogen-bond acceptors (Lipinski definition) is 4. The number of aryl methyl sites for hydroxylation is 1. The number of benzene rings is 3. The molecule has 8 heteroatoms. The highest BCUT2D eigenvalue weighted by atomic mass is 32.2. The first-order valence-electron chi connectivity index (χ1n) is 9.88. The molecule has 0 radical (unpaired) electrons. The number of nitrogens with one attached hydrogen (secondary N) is 1. The molecule has 32 heavy (non-hydrogen) atoms. The van der Waals surface area contributed by atoms with Crippen molar-refractivity contribution < 1.29 is 22.4 Å². The first-order chi connectivity index (χ1) is 15.2. The van der Waals surface area contributed by atoms with Gasteiger partial charge in [0.25, 0.3) is 0 Å². The number of rotatable bonds is 8. The third kappa shape index (κ3) is 5.66. The zero-order valence-corrected chi connectivity index (χ0v) is 18.5. The van der Waals surface area contributed by atoms with Crippen LogP contribution < -0.4 is 5.32 Å². The molecule has 0 aliphatic rings. The van der Waals surface area contributed by atoms with Crippen molar-refractivity contribution >= 4 is 27.4 Å². The van der Waals surface area contributed by atoms with Crippen molar-refractivity contribution in [3.8, 4) is 0 Å². The van der Waals surface area contributed by atoms with Crippen LogP contribution in [0.4, 0.5) is 10.1 Å². The predicted molar refractivity (Wildman–Crippen MR) is 120 cm³/mol. The van der Waals surface area contributed by atoms with E-state index in [1.54, 1.807) is 36.4 Å². The van der Waals surface area contributed by atoms with E-state index in [9.17, 15) is 22.4 Å².